The topological polar surface area (TPSA) is 24.5 Å². The van der Waals surface area contributed by atoms with Crippen molar-refractivity contribution in [1.29, 1.82) is 0 Å². The molecule has 1 unspecified atom stereocenters. The molecule has 3 nitrogen and oxygen atoms in total. The average molecular weight is 297 g/mol. The quantitative estimate of drug-likeness (QED) is 0.782. The van der Waals surface area contributed by atoms with Gasteiger partial charge in [-0.05, 0) is 57.1 Å². The highest BCUT2D eigenvalue weighted by atomic mass is 35.5. The molecule has 1 N–H and O–H groups in total. The molecular formula is C16H25ClN2O. The number of piperidine rings is 1. The Hall–Kier alpha value is -0.770. The van der Waals surface area contributed by atoms with Crippen LogP contribution < -0.4 is 10.1 Å². The Labute approximate surface area is 127 Å². The van der Waals surface area contributed by atoms with E-state index in [0.29, 0.717) is 6.04 Å². The molecule has 1 heterocycles. The van der Waals surface area contributed by atoms with E-state index < -0.39 is 0 Å². The monoisotopic (exact) mass is 296 g/mol. The van der Waals surface area contributed by atoms with Gasteiger partial charge in [0.1, 0.15) is 5.75 Å². The Morgan fingerprint density at radius 2 is 2.10 bits per heavy atom. The number of nitrogens with zero attached hydrogens (tertiary/aromatic N) is 1. The number of benzene rings is 1. The summed E-state index contributed by atoms with van der Waals surface area (Å²) in [5.74, 6) is 0.903. The van der Waals surface area contributed by atoms with E-state index >= 15 is 0 Å². The van der Waals surface area contributed by atoms with Gasteiger partial charge in [0.15, 0.2) is 0 Å². The Bertz CT molecular complexity index is 381. The van der Waals surface area contributed by atoms with Crippen LogP contribution in [0.5, 0.6) is 5.75 Å². The maximum absolute atomic E-state index is 5.85. The lowest BCUT2D eigenvalue weighted by atomic mass is 10.0. The third-order valence-electron chi connectivity index (χ3n) is 3.86. The Morgan fingerprint density at radius 3 is 2.85 bits per heavy atom. The summed E-state index contributed by atoms with van der Waals surface area (Å²) in [6.45, 7) is 4.22. The predicted molar refractivity (Wildman–Crippen MR) is 84.7 cm³/mol. The van der Waals surface area contributed by atoms with Gasteiger partial charge in [-0.3, -0.25) is 4.90 Å². The van der Waals surface area contributed by atoms with Gasteiger partial charge < -0.3 is 10.1 Å². The average Bonchev–Trinajstić information content (AvgIpc) is 2.47. The molecule has 0 aromatic heterocycles. The van der Waals surface area contributed by atoms with Gasteiger partial charge in [0.05, 0.1) is 6.61 Å². The third kappa shape index (κ3) is 4.97. The van der Waals surface area contributed by atoms with Gasteiger partial charge in [0, 0.05) is 24.2 Å². The van der Waals surface area contributed by atoms with Crippen molar-refractivity contribution in [3.8, 4) is 5.75 Å². The molecule has 1 aliphatic rings. The van der Waals surface area contributed by atoms with Crippen LogP contribution in [0.2, 0.25) is 5.02 Å². The smallest absolute Gasteiger partial charge is 0.119 e. The molecule has 0 saturated carbocycles. The zero-order valence-corrected chi connectivity index (χ0v) is 13.0. The molecule has 1 aliphatic heterocycles. The second-order valence-electron chi connectivity index (χ2n) is 5.40. The van der Waals surface area contributed by atoms with E-state index in [1.807, 2.05) is 31.3 Å². The van der Waals surface area contributed by atoms with Crippen LogP contribution in [0.1, 0.15) is 25.7 Å². The Kier molecular flexibility index (Phi) is 6.64. The van der Waals surface area contributed by atoms with E-state index in [2.05, 4.69) is 10.2 Å². The molecule has 112 valence electrons. The van der Waals surface area contributed by atoms with Crippen LogP contribution in [0.15, 0.2) is 24.3 Å². The van der Waals surface area contributed by atoms with Crippen molar-refractivity contribution >= 4 is 11.6 Å². The van der Waals surface area contributed by atoms with E-state index in [4.69, 9.17) is 16.3 Å². The number of rotatable bonds is 7. The summed E-state index contributed by atoms with van der Waals surface area (Å²) >= 11 is 5.85. The molecular weight excluding hydrogens is 272 g/mol. The van der Waals surface area contributed by atoms with Gasteiger partial charge in [-0.2, -0.15) is 0 Å². The first-order valence-corrected chi connectivity index (χ1v) is 7.94. The Balaban J connectivity index is 1.67. The summed E-state index contributed by atoms with van der Waals surface area (Å²) in [4.78, 5) is 2.60. The van der Waals surface area contributed by atoms with Gasteiger partial charge >= 0.3 is 0 Å². The molecule has 0 aliphatic carbocycles. The van der Waals surface area contributed by atoms with E-state index in [0.717, 1.165) is 36.9 Å². The third-order valence-corrected chi connectivity index (χ3v) is 4.11. The van der Waals surface area contributed by atoms with Crippen molar-refractivity contribution in [3.63, 3.8) is 0 Å². The molecule has 0 radical (unpaired) electrons. The van der Waals surface area contributed by atoms with Crippen LogP contribution >= 0.6 is 11.6 Å². The number of halogens is 1. The van der Waals surface area contributed by atoms with Crippen molar-refractivity contribution < 1.29 is 4.74 Å². The number of ether oxygens (including phenoxy) is 1. The lowest BCUT2D eigenvalue weighted by Gasteiger charge is -2.35. The molecule has 1 aromatic carbocycles. The number of hydrogen-bond donors (Lipinski definition) is 1. The van der Waals surface area contributed by atoms with Crippen molar-refractivity contribution in [1.82, 2.24) is 10.2 Å². The molecule has 1 atom stereocenters. The highest BCUT2D eigenvalue weighted by Gasteiger charge is 2.20. The summed E-state index contributed by atoms with van der Waals surface area (Å²) in [6, 6.07) is 8.28. The maximum atomic E-state index is 5.85. The van der Waals surface area contributed by atoms with Crippen LogP contribution in [0.3, 0.4) is 0 Å². The van der Waals surface area contributed by atoms with Crippen molar-refractivity contribution in [2.45, 2.75) is 31.7 Å². The van der Waals surface area contributed by atoms with Crippen molar-refractivity contribution in [2.75, 3.05) is 33.3 Å². The largest absolute Gasteiger partial charge is 0.494 e. The highest BCUT2D eigenvalue weighted by Crippen LogP contribution is 2.18. The van der Waals surface area contributed by atoms with E-state index in [1.54, 1.807) is 0 Å². The minimum absolute atomic E-state index is 0.698. The SMILES string of the molecule is CNCC1CCCCN1CCCOc1ccc(Cl)cc1. The second-order valence-corrected chi connectivity index (χ2v) is 5.84. The first-order valence-electron chi connectivity index (χ1n) is 7.56. The lowest BCUT2D eigenvalue weighted by molar-refractivity contribution is 0.137. The molecule has 1 saturated heterocycles. The zero-order chi connectivity index (χ0) is 14.2. The first kappa shape index (κ1) is 15.6. The minimum atomic E-state index is 0.698. The fraction of sp³-hybridized carbons (Fsp3) is 0.625. The zero-order valence-electron chi connectivity index (χ0n) is 12.3. The van der Waals surface area contributed by atoms with E-state index in [-0.39, 0.29) is 0 Å². The standard InChI is InChI=1S/C16H25ClN2O/c1-18-13-15-5-2-3-10-19(15)11-4-12-20-16-8-6-14(17)7-9-16/h6-9,15,18H,2-5,10-13H2,1H3. The molecule has 4 heteroatoms. The highest BCUT2D eigenvalue weighted by molar-refractivity contribution is 6.30. The van der Waals surface area contributed by atoms with E-state index in [1.165, 1.54) is 25.8 Å². The number of hydrogen-bond acceptors (Lipinski definition) is 3. The summed E-state index contributed by atoms with van der Waals surface area (Å²) in [5.41, 5.74) is 0. The second kappa shape index (κ2) is 8.50. The summed E-state index contributed by atoms with van der Waals surface area (Å²) in [6.07, 6.45) is 5.09. The summed E-state index contributed by atoms with van der Waals surface area (Å²) in [5, 5.41) is 4.05. The summed E-state index contributed by atoms with van der Waals surface area (Å²) < 4.78 is 5.75. The molecule has 1 fully saturated rings. The van der Waals surface area contributed by atoms with Gasteiger partial charge in [0.25, 0.3) is 0 Å². The van der Waals surface area contributed by atoms with Crippen LogP contribution in [-0.4, -0.2) is 44.2 Å². The lowest BCUT2D eigenvalue weighted by Crippen LogP contribution is -2.45. The van der Waals surface area contributed by atoms with Crippen LogP contribution in [0, 0.1) is 0 Å². The van der Waals surface area contributed by atoms with Crippen molar-refractivity contribution in [2.24, 2.45) is 0 Å². The predicted octanol–water partition coefficient (Wildman–Crippen LogP) is 3.18. The van der Waals surface area contributed by atoms with Gasteiger partial charge in [-0.25, -0.2) is 0 Å². The fourth-order valence-electron chi connectivity index (χ4n) is 2.81. The molecule has 20 heavy (non-hydrogen) atoms. The van der Waals surface area contributed by atoms with Crippen LogP contribution in [-0.2, 0) is 0 Å². The van der Waals surface area contributed by atoms with Crippen LogP contribution in [0.4, 0.5) is 0 Å². The normalized spacial score (nSPS) is 20.0. The molecule has 0 bridgehead atoms. The maximum Gasteiger partial charge on any atom is 0.119 e. The van der Waals surface area contributed by atoms with Gasteiger partial charge in [0.2, 0.25) is 0 Å². The van der Waals surface area contributed by atoms with Gasteiger partial charge in [-0.15, -0.1) is 0 Å². The first-order chi connectivity index (χ1) is 9.79. The minimum Gasteiger partial charge on any atom is -0.494 e. The fourth-order valence-corrected chi connectivity index (χ4v) is 2.94. The molecule has 1 aromatic rings. The Morgan fingerprint density at radius 1 is 1.30 bits per heavy atom. The van der Waals surface area contributed by atoms with E-state index in [9.17, 15) is 0 Å². The molecule has 2 rings (SSSR count). The summed E-state index contributed by atoms with van der Waals surface area (Å²) in [7, 11) is 2.04. The number of likely N-dealkylation sites (tertiary alicyclic amines) is 1. The number of likely N-dealkylation sites (N-methyl/N-ethyl adjacent to an activating group) is 1. The molecule has 0 amide bonds. The van der Waals surface area contributed by atoms with Crippen molar-refractivity contribution in [3.05, 3.63) is 29.3 Å². The molecule has 0 spiro atoms. The van der Waals surface area contributed by atoms with Gasteiger partial charge in [-0.1, -0.05) is 18.0 Å². The van der Waals surface area contributed by atoms with Crippen LogP contribution in [0.25, 0.3) is 0 Å². The number of nitrogens with one attached hydrogen (secondary N) is 1.